The lowest BCUT2D eigenvalue weighted by atomic mass is 10.3. The van der Waals surface area contributed by atoms with E-state index < -0.39 is 0 Å². The molecule has 0 bridgehead atoms. The number of hydrogen-bond donors (Lipinski definition) is 1. The lowest BCUT2D eigenvalue weighted by Gasteiger charge is -2.13. The van der Waals surface area contributed by atoms with Gasteiger partial charge in [-0.3, -0.25) is 0 Å². The summed E-state index contributed by atoms with van der Waals surface area (Å²) >= 11 is 3.34. The fourth-order valence-corrected chi connectivity index (χ4v) is 2.07. The first-order valence-corrected chi connectivity index (χ1v) is 6.37. The monoisotopic (exact) mass is 293 g/mol. The SMILES string of the molecule is C=C(Br)CNC(C)c1nc2ccccc2n1C. The molecule has 2 rings (SSSR count). The summed E-state index contributed by atoms with van der Waals surface area (Å²) in [5.41, 5.74) is 2.20. The molecule has 1 aromatic heterocycles. The highest BCUT2D eigenvalue weighted by atomic mass is 79.9. The Labute approximate surface area is 110 Å². The number of aromatic nitrogens is 2. The summed E-state index contributed by atoms with van der Waals surface area (Å²) in [5, 5.41) is 3.37. The summed E-state index contributed by atoms with van der Waals surface area (Å²) in [5.74, 6) is 1.04. The minimum Gasteiger partial charge on any atom is -0.330 e. The molecule has 1 aromatic carbocycles. The number of aryl methyl sites for hydroxylation is 1. The molecule has 0 saturated heterocycles. The second-order valence-corrected chi connectivity index (χ2v) is 5.26. The highest BCUT2D eigenvalue weighted by Gasteiger charge is 2.13. The van der Waals surface area contributed by atoms with Crippen molar-refractivity contribution in [1.82, 2.24) is 14.9 Å². The maximum Gasteiger partial charge on any atom is 0.126 e. The predicted octanol–water partition coefficient (Wildman–Crippen LogP) is 3.13. The Kier molecular flexibility index (Phi) is 3.64. The molecule has 1 atom stereocenters. The maximum atomic E-state index is 4.65. The number of hydrogen-bond acceptors (Lipinski definition) is 2. The van der Waals surface area contributed by atoms with Crippen LogP contribution in [0.5, 0.6) is 0 Å². The minimum atomic E-state index is 0.196. The molecule has 2 aromatic rings. The molecular formula is C13H16BrN3. The molecule has 1 N–H and O–H groups in total. The van der Waals surface area contributed by atoms with E-state index in [-0.39, 0.29) is 6.04 Å². The third-order valence-electron chi connectivity index (χ3n) is 2.81. The van der Waals surface area contributed by atoms with Crippen LogP contribution in [0.4, 0.5) is 0 Å². The number of fused-ring (bicyclic) bond motifs is 1. The number of imidazole rings is 1. The second-order valence-electron chi connectivity index (χ2n) is 4.14. The van der Waals surface area contributed by atoms with Crippen LogP contribution in [0, 0.1) is 0 Å². The van der Waals surface area contributed by atoms with Gasteiger partial charge in [-0.2, -0.15) is 0 Å². The van der Waals surface area contributed by atoms with Crippen LogP contribution < -0.4 is 5.32 Å². The first-order valence-electron chi connectivity index (χ1n) is 5.57. The van der Waals surface area contributed by atoms with E-state index in [1.165, 1.54) is 0 Å². The standard InChI is InChI=1S/C13H16BrN3/c1-9(14)8-15-10(2)13-16-11-6-4-5-7-12(11)17(13)3/h4-7,10,15H,1,8H2,2-3H3. The first kappa shape index (κ1) is 12.3. The van der Waals surface area contributed by atoms with Crippen molar-refractivity contribution in [2.75, 3.05) is 6.54 Å². The van der Waals surface area contributed by atoms with Crippen molar-refractivity contribution in [3.63, 3.8) is 0 Å². The molecule has 0 aliphatic heterocycles. The number of halogens is 1. The maximum absolute atomic E-state index is 4.65. The van der Waals surface area contributed by atoms with Crippen LogP contribution in [0.25, 0.3) is 11.0 Å². The predicted molar refractivity (Wildman–Crippen MR) is 75.2 cm³/mol. The fourth-order valence-electron chi connectivity index (χ4n) is 1.91. The number of nitrogens with zero attached hydrogens (tertiary/aromatic N) is 2. The van der Waals surface area contributed by atoms with Crippen molar-refractivity contribution >= 4 is 27.0 Å². The van der Waals surface area contributed by atoms with E-state index in [0.717, 1.165) is 27.9 Å². The topological polar surface area (TPSA) is 29.9 Å². The molecule has 0 fully saturated rings. The van der Waals surface area contributed by atoms with Gasteiger partial charge in [0.25, 0.3) is 0 Å². The smallest absolute Gasteiger partial charge is 0.126 e. The zero-order valence-electron chi connectivity index (χ0n) is 10.1. The number of benzene rings is 1. The van der Waals surface area contributed by atoms with Crippen LogP contribution in [0.3, 0.4) is 0 Å². The van der Waals surface area contributed by atoms with Crippen LogP contribution >= 0.6 is 15.9 Å². The zero-order valence-corrected chi connectivity index (χ0v) is 11.7. The average Bonchev–Trinajstić information content (AvgIpc) is 2.64. The van der Waals surface area contributed by atoms with Gasteiger partial charge in [-0.25, -0.2) is 4.98 Å². The lowest BCUT2D eigenvalue weighted by molar-refractivity contribution is 0.564. The van der Waals surface area contributed by atoms with Crippen molar-refractivity contribution in [3.05, 3.63) is 41.2 Å². The van der Waals surface area contributed by atoms with E-state index in [4.69, 9.17) is 0 Å². The molecule has 0 saturated carbocycles. The van der Waals surface area contributed by atoms with Crippen LogP contribution in [0.1, 0.15) is 18.8 Å². The van der Waals surface area contributed by atoms with Gasteiger partial charge in [0.1, 0.15) is 5.82 Å². The summed E-state index contributed by atoms with van der Waals surface area (Å²) in [6.45, 7) is 6.66. The molecule has 90 valence electrons. The molecule has 0 aliphatic carbocycles. The quantitative estimate of drug-likeness (QED) is 0.939. The molecule has 4 heteroatoms. The van der Waals surface area contributed by atoms with Crippen LogP contribution in [-0.4, -0.2) is 16.1 Å². The van der Waals surface area contributed by atoms with E-state index in [9.17, 15) is 0 Å². The van der Waals surface area contributed by atoms with Gasteiger partial charge in [-0.15, -0.1) is 0 Å². The average molecular weight is 294 g/mol. The van der Waals surface area contributed by atoms with Gasteiger partial charge in [0.15, 0.2) is 0 Å². The van der Waals surface area contributed by atoms with E-state index in [1.807, 2.05) is 25.2 Å². The molecule has 1 heterocycles. The van der Waals surface area contributed by atoms with Gasteiger partial charge in [-0.1, -0.05) is 34.6 Å². The summed E-state index contributed by atoms with van der Waals surface area (Å²) in [4.78, 5) is 4.65. The van der Waals surface area contributed by atoms with Crippen molar-refractivity contribution in [2.45, 2.75) is 13.0 Å². The van der Waals surface area contributed by atoms with Crippen LogP contribution in [-0.2, 0) is 7.05 Å². The molecule has 0 radical (unpaired) electrons. The van der Waals surface area contributed by atoms with Gasteiger partial charge in [0.2, 0.25) is 0 Å². The van der Waals surface area contributed by atoms with E-state index in [0.29, 0.717) is 0 Å². The van der Waals surface area contributed by atoms with Crippen LogP contribution in [0.2, 0.25) is 0 Å². The first-order chi connectivity index (χ1) is 8.09. The molecule has 0 spiro atoms. The Bertz CT molecular complexity index is 545. The molecule has 1 unspecified atom stereocenters. The van der Waals surface area contributed by atoms with Gasteiger partial charge in [0.05, 0.1) is 17.1 Å². The van der Waals surface area contributed by atoms with Crippen molar-refractivity contribution in [1.29, 1.82) is 0 Å². The Morgan fingerprint density at radius 3 is 2.88 bits per heavy atom. The Balaban J connectivity index is 2.29. The Morgan fingerprint density at radius 1 is 1.53 bits per heavy atom. The third-order valence-corrected chi connectivity index (χ3v) is 3.09. The van der Waals surface area contributed by atoms with Gasteiger partial charge in [-0.05, 0) is 19.1 Å². The number of nitrogens with one attached hydrogen (secondary N) is 1. The van der Waals surface area contributed by atoms with Gasteiger partial charge < -0.3 is 9.88 Å². The summed E-state index contributed by atoms with van der Waals surface area (Å²) in [6.07, 6.45) is 0. The van der Waals surface area contributed by atoms with Crippen molar-refractivity contribution < 1.29 is 0 Å². The summed E-state index contributed by atoms with van der Waals surface area (Å²) < 4.78 is 3.08. The number of rotatable bonds is 4. The fraction of sp³-hybridized carbons (Fsp3) is 0.308. The molecular weight excluding hydrogens is 278 g/mol. The highest BCUT2D eigenvalue weighted by molar-refractivity contribution is 9.11. The van der Waals surface area contributed by atoms with Crippen molar-refractivity contribution in [3.8, 4) is 0 Å². The van der Waals surface area contributed by atoms with Crippen molar-refractivity contribution in [2.24, 2.45) is 7.05 Å². The lowest BCUT2D eigenvalue weighted by Crippen LogP contribution is -2.22. The Hall–Kier alpha value is -1.13. The largest absolute Gasteiger partial charge is 0.330 e. The zero-order chi connectivity index (χ0) is 12.4. The summed E-state index contributed by atoms with van der Waals surface area (Å²) in [6, 6.07) is 8.36. The van der Waals surface area contributed by atoms with Crippen LogP contribution in [0.15, 0.2) is 35.3 Å². The third kappa shape index (κ3) is 2.58. The molecule has 17 heavy (non-hydrogen) atoms. The molecule has 3 nitrogen and oxygen atoms in total. The second kappa shape index (κ2) is 5.02. The van der Waals surface area contributed by atoms with E-state index in [2.05, 4.69) is 50.4 Å². The van der Waals surface area contributed by atoms with E-state index >= 15 is 0 Å². The summed E-state index contributed by atoms with van der Waals surface area (Å²) in [7, 11) is 2.05. The van der Waals surface area contributed by atoms with Gasteiger partial charge >= 0.3 is 0 Å². The molecule has 0 aliphatic rings. The Morgan fingerprint density at radius 2 is 2.24 bits per heavy atom. The number of para-hydroxylation sites is 2. The van der Waals surface area contributed by atoms with Gasteiger partial charge in [0, 0.05) is 18.1 Å². The minimum absolute atomic E-state index is 0.196. The highest BCUT2D eigenvalue weighted by Crippen LogP contribution is 2.19. The van der Waals surface area contributed by atoms with E-state index in [1.54, 1.807) is 0 Å². The normalized spacial score (nSPS) is 12.9. The molecule has 0 amide bonds.